The summed E-state index contributed by atoms with van der Waals surface area (Å²) in [6.45, 7) is 2.32. The van der Waals surface area contributed by atoms with Gasteiger partial charge < -0.3 is 5.73 Å². The van der Waals surface area contributed by atoms with E-state index in [0.29, 0.717) is 25.2 Å². The molecule has 2 aromatic heterocycles. The fraction of sp³-hybridized carbons (Fsp3) is 0.400. The average Bonchev–Trinajstić information content (AvgIpc) is 2.90. The lowest BCUT2D eigenvalue weighted by Crippen LogP contribution is -2.52. The highest BCUT2D eigenvalue weighted by Crippen LogP contribution is 2.24. The van der Waals surface area contributed by atoms with Gasteiger partial charge in [0.2, 0.25) is 15.9 Å². The summed E-state index contributed by atoms with van der Waals surface area (Å²) in [5, 5.41) is 4.37. The van der Waals surface area contributed by atoms with Crippen LogP contribution in [0.5, 0.6) is 0 Å². The molecule has 0 aliphatic carbocycles. The zero-order valence-corrected chi connectivity index (χ0v) is 15.9. The molecule has 1 saturated heterocycles. The molecule has 3 N–H and O–H groups in total. The monoisotopic (exact) mass is 398 g/mol. The maximum atomic E-state index is 12.8. The van der Waals surface area contributed by atoms with E-state index in [2.05, 4.69) is 14.8 Å². The molecule has 9 nitrogen and oxygen atoms in total. The second-order valence-corrected chi connectivity index (χ2v) is 8.23. The number of carbonyl (C=O) groups is 1. The number of piperidine rings is 1. The maximum Gasteiger partial charge on any atom is 0.246 e. The van der Waals surface area contributed by atoms with Crippen molar-refractivity contribution in [2.24, 2.45) is 7.05 Å². The van der Waals surface area contributed by atoms with Gasteiger partial charge in [0, 0.05) is 25.9 Å². The quantitative estimate of drug-likeness (QED) is 0.786. The number of anilines is 2. The number of nitrogens with zero attached hydrogens (tertiary/aromatic N) is 4. The Morgan fingerprint density at radius 3 is 2.77 bits per heavy atom. The number of pyridine rings is 1. The molecule has 0 bridgehead atoms. The Bertz CT molecular complexity index is 958. The predicted molar refractivity (Wildman–Crippen MR) is 97.3 cm³/mol. The minimum Gasteiger partial charge on any atom is -0.383 e. The van der Waals surface area contributed by atoms with E-state index in [4.69, 9.17) is 17.3 Å². The van der Waals surface area contributed by atoms with E-state index in [0.717, 1.165) is 5.69 Å². The molecule has 1 atom stereocenters. The minimum absolute atomic E-state index is 0.140. The Labute approximate surface area is 156 Å². The highest BCUT2D eigenvalue weighted by Gasteiger charge is 2.35. The number of amides is 1. The number of rotatable bonds is 4. The van der Waals surface area contributed by atoms with Gasteiger partial charge >= 0.3 is 0 Å². The molecule has 1 aliphatic heterocycles. The number of nitrogen functional groups attached to an aromatic ring is 1. The summed E-state index contributed by atoms with van der Waals surface area (Å²) in [6.07, 6.45) is 2.29. The molecule has 1 fully saturated rings. The van der Waals surface area contributed by atoms with E-state index >= 15 is 0 Å². The molecule has 1 unspecified atom stereocenters. The number of nitrogens with two attached hydrogens (primary N) is 1. The average molecular weight is 399 g/mol. The first kappa shape index (κ1) is 18.6. The fourth-order valence-corrected chi connectivity index (χ4v) is 4.51. The second kappa shape index (κ2) is 6.86. The molecule has 0 spiro atoms. The van der Waals surface area contributed by atoms with Crippen molar-refractivity contribution in [1.82, 2.24) is 19.5 Å². The van der Waals surface area contributed by atoms with Crippen LogP contribution in [0.3, 0.4) is 0 Å². The number of halogens is 1. The summed E-state index contributed by atoms with van der Waals surface area (Å²) in [4.78, 5) is 17.9. The topological polar surface area (TPSA) is 123 Å². The Balaban J connectivity index is 1.86. The lowest BCUT2D eigenvalue weighted by Gasteiger charge is -2.32. The van der Waals surface area contributed by atoms with Crippen LogP contribution in [0.15, 0.2) is 23.2 Å². The Morgan fingerprint density at radius 2 is 2.12 bits per heavy atom. The number of aromatic nitrogens is 3. The molecule has 1 amide bonds. The molecule has 2 aromatic rings. The predicted octanol–water partition coefficient (Wildman–Crippen LogP) is 0.833. The SMILES string of the molecule is Cc1cc(N2CCCC(NS(=O)(=O)c3cc(Cl)cnc3N)C2=O)n(C)n1. The summed E-state index contributed by atoms with van der Waals surface area (Å²) in [6, 6.07) is 2.09. The summed E-state index contributed by atoms with van der Waals surface area (Å²) >= 11 is 5.82. The van der Waals surface area contributed by atoms with E-state index in [1.165, 1.54) is 17.2 Å². The smallest absolute Gasteiger partial charge is 0.246 e. The van der Waals surface area contributed by atoms with Gasteiger partial charge in [0.15, 0.2) is 0 Å². The molecule has 0 aromatic carbocycles. The lowest BCUT2D eigenvalue weighted by molar-refractivity contribution is -0.121. The third-order valence-corrected chi connectivity index (χ3v) is 5.84. The summed E-state index contributed by atoms with van der Waals surface area (Å²) in [7, 11) is -2.31. The highest BCUT2D eigenvalue weighted by molar-refractivity contribution is 7.89. The number of aryl methyl sites for hydroxylation is 2. The van der Waals surface area contributed by atoms with Crippen LogP contribution >= 0.6 is 11.6 Å². The van der Waals surface area contributed by atoms with Gasteiger partial charge in [0.1, 0.15) is 22.6 Å². The molecule has 1 aliphatic rings. The second-order valence-electron chi connectivity index (χ2n) is 6.11. The number of hydrogen-bond acceptors (Lipinski definition) is 6. The summed E-state index contributed by atoms with van der Waals surface area (Å²) in [5.74, 6) is 0.112. The van der Waals surface area contributed by atoms with Crippen LogP contribution in [-0.4, -0.2) is 41.7 Å². The van der Waals surface area contributed by atoms with Crippen LogP contribution in [0, 0.1) is 6.92 Å². The van der Waals surface area contributed by atoms with Gasteiger partial charge in [0.25, 0.3) is 0 Å². The van der Waals surface area contributed by atoms with Crippen LogP contribution in [0.2, 0.25) is 5.02 Å². The number of hydrogen-bond donors (Lipinski definition) is 2. The van der Waals surface area contributed by atoms with Crippen molar-refractivity contribution >= 4 is 39.2 Å². The molecule has 3 rings (SSSR count). The van der Waals surface area contributed by atoms with E-state index in [1.54, 1.807) is 17.8 Å². The minimum atomic E-state index is -4.05. The van der Waals surface area contributed by atoms with Crippen LogP contribution in [-0.2, 0) is 21.9 Å². The maximum absolute atomic E-state index is 12.8. The van der Waals surface area contributed by atoms with E-state index in [9.17, 15) is 13.2 Å². The summed E-state index contributed by atoms with van der Waals surface area (Å²) < 4.78 is 29.3. The van der Waals surface area contributed by atoms with Crippen molar-refractivity contribution < 1.29 is 13.2 Å². The Kier molecular flexibility index (Phi) is 4.91. The first-order chi connectivity index (χ1) is 12.2. The number of sulfonamides is 1. The van der Waals surface area contributed by atoms with Gasteiger partial charge in [0.05, 0.1) is 10.7 Å². The Morgan fingerprint density at radius 1 is 1.38 bits per heavy atom. The van der Waals surface area contributed by atoms with E-state index in [1.807, 2.05) is 6.92 Å². The molecular formula is C15H19ClN6O3S. The van der Waals surface area contributed by atoms with Gasteiger partial charge in [-0.2, -0.15) is 9.82 Å². The molecule has 0 saturated carbocycles. The van der Waals surface area contributed by atoms with Crippen molar-refractivity contribution in [1.29, 1.82) is 0 Å². The third kappa shape index (κ3) is 3.53. The van der Waals surface area contributed by atoms with Crippen LogP contribution in [0.4, 0.5) is 11.6 Å². The van der Waals surface area contributed by atoms with Gasteiger partial charge in [-0.15, -0.1) is 0 Å². The highest BCUT2D eigenvalue weighted by atomic mass is 35.5. The molecule has 140 valence electrons. The summed E-state index contributed by atoms with van der Waals surface area (Å²) in [5.41, 5.74) is 6.43. The van der Waals surface area contributed by atoms with Gasteiger partial charge in [-0.25, -0.2) is 13.4 Å². The first-order valence-electron chi connectivity index (χ1n) is 7.94. The first-order valence-corrected chi connectivity index (χ1v) is 9.80. The van der Waals surface area contributed by atoms with Crippen molar-refractivity contribution in [3.63, 3.8) is 0 Å². The van der Waals surface area contributed by atoms with Crippen molar-refractivity contribution in [2.75, 3.05) is 17.2 Å². The zero-order valence-electron chi connectivity index (χ0n) is 14.3. The van der Waals surface area contributed by atoms with Crippen molar-refractivity contribution in [3.05, 3.63) is 29.0 Å². The standard InChI is InChI=1S/C15H19ClN6O3S/c1-9-6-13(21(2)19-9)22-5-3-4-11(15(22)23)20-26(24,25)12-7-10(16)8-18-14(12)17/h6-8,11,20H,3-5H2,1-2H3,(H2,17,18). The largest absolute Gasteiger partial charge is 0.383 e. The Hall–Kier alpha value is -2.17. The van der Waals surface area contributed by atoms with Gasteiger partial charge in [-0.3, -0.25) is 14.4 Å². The third-order valence-electron chi connectivity index (χ3n) is 4.13. The van der Waals surface area contributed by atoms with Gasteiger partial charge in [-0.1, -0.05) is 11.6 Å². The number of nitrogens with one attached hydrogen (secondary N) is 1. The molecular weight excluding hydrogens is 380 g/mol. The van der Waals surface area contributed by atoms with Crippen molar-refractivity contribution in [3.8, 4) is 0 Å². The van der Waals surface area contributed by atoms with Gasteiger partial charge in [-0.05, 0) is 25.8 Å². The molecule has 3 heterocycles. The normalized spacial score (nSPS) is 18.3. The lowest BCUT2D eigenvalue weighted by atomic mass is 10.1. The van der Waals surface area contributed by atoms with Crippen molar-refractivity contribution in [2.45, 2.75) is 30.7 Å². The molecule has 26 heavy (non-hydrogen) atoms. The zero-order chi connectivity index (χ0) is 19.1. The van der Waals surface area contributed by atoms with E-state index in [-0.39, 0.29) is 21.6 Å². The molecule has 11 heteroatoms. The molecule has 0 radical (unpaired) electrons. The van der Waals surface area contributed by atoms with Crippen LogP contribution in [0.1, 0.15) is 18.5 Å². The number of carbonyl (C=O) groups excluding carboxylic acids is 1. The van der Waals surface area contributed by atoms with Crippen LogP contribution in [0.25, 0.3) is 0 Å². The van der Waals surface area contributed by atoms with Crippen LogP contribution < -0.4 is 15.4 Å². The van der Waals surface area contributed by atoms with E-state index < -0.39 is 16.1 Å². The fourth-order valence-electron chi connectivity index (χ4n) is 2.96.